The van der Waals surface area contributed by atoms with Crippen molar-refractivity contribution in [1.82, 2.24) is 8.61 Å². The molecule has 20 heavy (non-hydrogen) atoms. The van der Waals surface area contributed by atoms with E-state index in [9.17, 15) is 13.2 Å². The van der Waals surface area contributed by atoms with Gasteiger partial charge in [-0.15, -0.1) is 0 Å². The van der Waals surface area contributed by atoms with Crippen LogP contribution < -0.4 is 0 Å². The zero-order valence-corrected chi connectivity index (χ0v) is 12.5. The highest BCUT2D eigenvalue weighted by atomic mass is 32.2. The third kappa shape index (κ3) is 3.49. The lowest BCUT2D eigenvalue weighted by Gasteiger charge is -2.33. The Morgan fingerprint density at radius 2 is 2.00 bits per heavy atom. The first kappa shape index (κ1) is 15.7. The Morgan fingerprint density at radius 3 is 2.50 bits per heavy atom. The van der Waals surface area contributed by atoms with E-state index in [1.165, 1.54) is 8.61 Å². The van der Waals surface area contributed by atoms with Gasteiger partial charge in [0.1, 0.15) is 0 Å². The number of carboxylic acids is 1. The number of piperidine rings is 1. The molecule has 1 N–H and O–H groups in total. The fourth-order valence-corrected chi connectivity index (χ4v) is 4.12. The van der Waals surface area contributed by atoms with E-state index in [1.54, 1.807) is 7.05 Å². The summed E-state index contributed by atoms with van der Waals surface area (Å²) in [6.07, 6.45) is 2.60. The van der Waals surface area contributed by atoms with Gasteiger partial charge in [-0.3, -0.25) is 4.79 Å². The Bertz CT molecular complexity index is 439. The van der Waals surface area contributed by atoms with E-state index in [1.807, 2.05) is 0 Å². The van der Waals surface area contributed by atoms with Crippen LogP contribution in [0.3, 0.4) is 0 Å². The summed E-state index contributed by atoms with van der Waals surface area (Å²) in [6, 6.07) is 0. The van der Waals surface area contributed by atoms with Crippen molar-refractivity contribution in [1.29, 1.82) is 0 Å². The van der Waals surface area contributed by atoms with Gasteiger partial charge in [0.2, 0.25) is 0 Å². The number of ether oxygens (including phenoxy) is 1. The summed E-state index contributed by atoms with van der Waals surface area (Å²) in [5.41, 5.74) is 0. The second-order valence-corrected chi connectivity index (χ2v) is 7.47. The van der Waals surface area contributed by atoms with Crippen molar-refractivity contribution in [2.75, 3.05) is 33.3 Å². The second-order valence-electron chi connectivity index (χ2n) is 5.43. The predicted molar refractivity (Wildman–Crippen MR) is 72.5 cm³/mol. The van der Waals surface area contributed by atoms with Crippen LogP contribution in [-0.2, 0) is 19.7 Å². The lowest BCUT2D eigenvalue weighted by molar-refractivity contribution is -0.142. The molecule has 0 aromatic rings. The number of likely N-dealkylation sites (N-methyl/N-ethyl adjacent to an activating group) is 1. The van der Waals surface area contributed by atoms with Crippen LogP contribution in [-0.4, -0.2) is 67.5 Å². The SMILES string of the molecule is CN(CC1CCCO1)S(=O)(=O)N1CCC(C(=O)O)CC1. The molecule has 0 radical (unpaired) electrons. The number of hydrogen-bond donors (Lipinski definition) is 1. The predicted octanol–water partition coefficient (Wildman–Crippen LogP) is 0.139. The van der Waals surface area contributed by atoms with Gasteiger partial charge in [-0.2, -0.15) is 17.0 Å². The summed E-state index contributed by atoms with van der Waals surface area (Å²) in [4.78, 5) is 10.9. The fraction of sp³-hybridized carbons (Fsp3) is 0.917. The first-order valence-corrected chi connectivity index (χ1v) is 8.37. The molecular weight excluding hydrogens is 284 g/mol. The van der Waals surface area contributed by atoms with Crippen molar-refractivity contribution >= 4 is 16.2 Å². The maximum Gasteiger partial charge on any atom is 0.306 e. The van der Waals surface area contributed by atoms with Crippen LogP contribution in [0.15, 0.2) is 0 Å². The van der Waals surface area contributed by atoms with Crippen LogP contribution >= 0.6 is 0 Å². The Labute approximate surface area is 119 Å². The Kier molecular flexibility index (Phi) is 5.00. The standard InChI is InChI=1S/C12H22N2O5S/c1-13(9-11-3-2-8-19-11)20(17,18)14-6-4-10(5-7-14)12(15)16/h10-11H,2-9H2,1H3,(H,15,16). The minimum atomic E-state index is -3.50. The summed E-state index contributed by atoms with van der Waals surface area (Å²) < 4.78 is 32.9. The largest absolute Gasteiger partial charge is 0.481 e. The topological polar surface area (TPSA) is 87.2 Å². The van der Waals surface area contributed by atoms with E-state index < -0.39 is 22.1 Å². The fourth-order valence-electron chi connectivity index (χ4n) is 2.70. The van der Waals surface area contributed by atoms with E-state index >= 15 is 0 Å². The van der Waals surface area contributed by atoms with Crippen molar-refractivity contribution < 1.29 is 23.1 Å². The Hall–Kier alpha value is -0.700. The molecule has 0 amide bonds. The number of hydrogen-bond acceptors (Lipinski definition) is 4. The van der Waals surface area contributed by atoms with Crippen molar-refractivity contribution in [3.05, 3.63) is 0 Å². The summed E-state index contributed by atoms with van der Waals surface area (Å²) >= 11 is 0. The third-order valence-corrected chi connectivity index (χ3v) is 5.96. The lowest BCUT2D eigenvalue weighted by atomic mass is 9.99. The lowest BCUT2D eigenvalue weighted by Crippen LogP contribution is -2.48. The van der Waals surface area contributed by atoms with Crippen LogP contribution in [0.2, 0.25) is 0 Å². The molecule has 1 unspecified atom stereocenters. The molecule has 0 aromatic heterocycles. The van der Waals surface area contributed by atoms with E-state index in [0.717, 1.165) is 12.8 Å². The molecule has 0 bridgehead atoms. The number of carbonyl (C=O) groups is 1. The monoisotopic (exact) mass is 306 g/mol. The van der Waals surface area contributed by atoms with Gasteiger partial charge in [-0.25, -0.2) is 0 Å². The molecular formula is C12H22N2O5S. The molecule has 2 heterocycles. The van der Waals surface area contributed by atoms with Crippen LogP contribution in [0.25, 0.3) is 0 Å². The minimum absolute atomic E-state index is 0.0219. The van der Waals surface area contributed by atoms with Gasteiger partial charge < -0.3 is 9.84 Å². The molecule has 0 spiro atoms. The van der Waals surface area contributed by atoms with E-state index in [0.29, 0.717) is 26.0 Å². The van der Waals surface area contributed by atoms with Crippen molar-refractivity contribution in [2.24, 2.45) is 5.92 Å². The quantitative estimate of drug-likeness (QED) is 0.780. The average Bonchev–Trinajstić information content (AvgIpc) is 2.91. The van der Waals surface area contributed by atoms with Gasteiger partial charge in [-0.1, -0.05) is 0 Å². The summed E-state index contributed by atoms with van der Waals surface area (Å²) in [6.45, 7) is 1.61. The zero-order chi connectivity index (χ0) is 14.8. The van der Waals surface area contributed by atoms with Gasteiger partial charge in [-0.05, 0) is 25.7 Å². The molecule has 7 nitrogen and oxygen atoms in total. The van der Waals surface area contributed by atoms with Gasteiger partial charge in [0.25, 0.3) is 10.2 Å². The molecule has 2 aliphatic heterocycles. The molecule has 2 rings (SSSR count). The first-order chi connectivity index (χ1) is 9.41. The number of rotatable bonds is 5. The molecule has 2 aliphatic rings. The highest BCUT2D eigenvalue weighted by Crippen LogP contribution is 2.22. The molecule has 0 saturated carbocycles. The molecule has 8 heteroatoms. The maximum absolute atomic E-state index is 12.4. The second kappa shape index (κ2) is 6.38. The molecule has 0 aliphatic carbocycles. The number of aliphatic carboxylic acids is 1. The maximum atomic E-state index is 12.4. The van der Waals surface area contributed by atoms with Crippen LogP contribution in [0, 0.1) is 5.92 Å². The summed E-state index contributed by atoms with van der Waals surface area (Å²) in [5, 5.41) is 8.93. The van der Waals surface area contributed by atoms with Crippen LogP contribution in [0.5, 0.6) is 0 Å². The van der Waals surface area contributed by atoms with Gasteiger partial charge in [0.15, 0.2) is 0 Å². The zero-order valence-electron chi connectivity index (χ0n) is 11.7. The van der Waals surface area contributed by atoms with Crippen molar-refractivity contribution in [2.45, 2.75) is 31.8 Å². The van der Waals surface area contributed by atoms with Gasteiger partial charge >= 0.3 is 5.97 Å². The molecule has 2 fully saturated rings. The van der Waals surface area contributed by atoms with Gasteiger partial charge in [0, 0.05) is 33.3 Å². The number of carboxylic acid groups (broad SMARTS) is 1. The molecule has 0 aromatic carbocycles. The molecule has 116 valence electrons. The average molecular weight is 306 g/mol. The van der Waals surface area contributed by atoms with Crippen molar-refractivity contribution in [3.8, 4) is 0 Å². The molecule has 2 saturated heterocycles. The third-order valence-electron chi connectivity index (χ3n) is 4.01. The normalized spacial score (nSPS) is 26.2. The van der Waals surface area contributed by atoms with Crippen LogP contribution in [0.1, 0.15) is 25.7 Å². The highest BCUT2D eigenvalue weighted by Gasteiger charge is 2.34. The van der Waals surface area contributed by atoms with E-state index in [2.05, 4.69) is 0 Å². The summed E-state index contributed by atoms with van der Waals surface area (Å²) in [7, 11) is -1.95. The highest BCUT2D eigenvalue weighted by molar-refractivity contribution is 7.86. The minimum Gasteiger partial charge on any atom is -0.481 e. The smallest absolute Gasteiger partial charge is 0.306 e. The first-order valence-electron chi connectivity index (χ1n) is 6.97. The Balaban J connectivity index is 1.91. The number of nitrogens with zero attached hydrogens (tertiary/aromatic N) is 2. The van der Waals surface area contributed by atoms with E-state index in [-0.39, 0.29) is 19.2 Å². The summed E-state index contributed by atoms with van der Waals surface area (Å²) in [5.74, 6) is -1.26. The Morgan fingerprint density at radius 1 is 1.35 bits per heavy atom. The van der Waals surface area contributed by atoms with Crippen LogP contribution in [0.4, 0.5) is 0 Å². The molecule has 1 atom stereocenters. The van der Waals surface area contributed by atoms with Crippen molar-refractivity contribution in [3.63, 3.8) is 0 Å². The van der Waals surface area contributed by atoms with Gasteiger partial charge in [0.05, 0.1) is 12.0 Å². The van der Waals surface area contributed by atoms with E-state index in [4.69, 9.17) is 9.84 Å².